The van der Waals surface area contributed by atoms with E-state index < -0.39 is 5.97 Å². The first kappa shape index (κ1) is 10.5. The van der Waals surface area contributed by atoms with Gasteiger partial charge in [0.1, 0.15) is 5.03 Å². The number of methoxy groups -OCH3 is 1. The lowest BCUT2D eigenvalue weighted by molar-refractivity contribution is 0.0587. The third-order valence-electron chi connectivity index (χ3n) is 2.88. The van der Waals surface area contributed by atoms with E-state index in [-0.39, 0.29) is 5.82 Å². The maximum atomic E-state index is 11.4. The van der Waals surface area contributed by atoms with Crippen LogP contribution in [0.4, 0.5) is 0 Å². The highest BCUT2D eigenvalue weighted by molar-refractivity contribution is 7.80. The molecule has 0 saturated heterocycles. The summed E-state index contributed by atoms with van der Waals surface area (Å²) >= 11 is 4.34. The lowest BCUT2D eigenvalue weighted by Crippen LogP contribution is -2.05. The molecule has 0 saturated carbocycles. The average molecular weight is 250 g/mol. The molecule has 2 aromatic heterocycles. The SMILES string of the molecule is COC(=O)c1nc2nc(S)c3c(n2n1)CCC3. The van der Waals surface area contributed by atoms with Crippen molar-refractivity contribution in [3.05, 3.63) is 17.1 Å². The van der Waals surface area contributed by atoms with Crippen LogP contribution in [0.2, 0.25) is 0 Å². The van der Waals surface area contributed by atoms with Crippen LogP contribution in [0, 0.1) is 0 Å². The summed E-state index contributed by atoms with van der Waals surface area (Å²) < 4.78 is 6.21. The maximum Gasteiger partial charge on any atom is 0.378 e. The molecule has 2 aromatic rings. The third kappa shape index (κ3) is 1.49. The number of ether oxygens (including phenoxy) is 1. The van der Waals surface area contributed by atoms with Gasteiger partial charge in [-0.25, -0.2) is 14.3 Å². The van der Waals surface area contributed by atoms with Crippen molar-refractivity contribution in [1.82, 2.24) is 19.6 Å². The number of rotatable bonds is 1. The smallest absolute Gasteiger partial charge is 0.378 e. The highest BCUT2D eigenvalue weighted by Gasteiger charge is 2.22. The molecule has 6 nitrogen and oxygen atoms in total. The van der Waals surface area contributed by atoms with Crippen LogP contribution >= 0.6 is 12.6 Å². The first-order valence-corrected chi connectivity index (χ1v) is 5.71. The van der Waals surface area contributed by atoms with E-state index in [2.05, 4.69) is 32.4 Å². The molecular weight excluding hydrogens is 240 g/mol. The number of esters is 1. The second kappa shape index (κ2) is 3.69. The Morgan fingerprint density at radius 3 is 3.00 bits per heavy atom. The van der Waals surface area contributed by atoms with Crippen LogP contribution in [0.5, 0.6) is 0 Å². The van der Waals surface area contributed by atoms with E-state index in [9.17, 15) is 4.79 Å². The van der Waals surface area contributed by atoms with Crippen molar-refractivity contribution >= 4 is 24.4 Å². The Morgan fingerprint density at radius 2 is 2.24 bits per heavy atom. The number of fused-ring (bicyclic) bond motifs is 3. The fourth-order valence-electron chi connectivity index (χ4n) is 2.10. The van der Waals surface area contributed by atoms with Crippen LogP contribution < -0.4 is 0 Å². The van der Waals surface area contributed by atoms with Crippen LogP contribution in [0.3, 0.4) is 0 Å². The molecule has 2 heterocycles. The van der Waals surface area contributed by atoms with Crippen LogP contribution in [-0.4, -0.2) is 32.7 Å². The predicted octanol–water partition coefficient (Wildman–Crippen LogP) is 0.688. The summed E-state index contributed by atoms with van der Waals surface area (Å²) in [4.78, 5) is 19.6. The van der Waals surface area contributed by atoms with Gasteiger partial charge in [0.2, 0.25) is 0 Å². The summed E-state index contributed by atoms with van der Waals surface area (Å²) in [6.07, 6.45) is 2.91. The molecule has 0 aromatic carbocycles. The molecule has 1 aliphatic carbocycles. The van der Waals surface area contributed by atoms with Gasteiger partial charge in [-0.2, -0.15) is 4.98 Å². The molecule has 0 fully saturated rings. The molecule has 17 heavy (non-hydrogen) atoms. The summed E-state index contributed by atoms with van der Waals surface area (Å²) in [5, 5.41) is 4.81. The molecule has 7 heteroatoms. The predicted molar refractivity (Wildman–Crippen MR) is 61.4 cm³/mol. The molecule has 88 valence electrons. The first-order chi connectivity index (χ1) is 8.20. The van der Waals surface area contributed by atoms with Gasteiger partial charge in [-0.05, 0) is 19.3 Å². The van der Waals surface area contributed by atoms with Crippen molar-refractivity contribution in [3.63, 3.8) is 0 Å². The Hall–Kier alpha value is -1.63. The Morgan fingerprint density at radius 1 is 1.41 bits per heavy atom. The topological polar surface area (TPSA) is 69.4 Å². The Balaban J connectivity index is 2.26. The summed E-state index contributed by atoms with van der Waals surface area (Å²) in [5.74, 6) is -0.118. The second-order valence-electron chi connectivity index (χ2n) is 3.85. The van der Waals surface area contributed by atoms with Gasteiger partial charge in [-0.3, -0.25) is 0 Å². The highest BCUT2D eigenvalue weighted by Crippen LogP contribution is 2.26. The maximum absolute atomic E-state index is 11.4. The van der Waals surface area contributed by atoms with Gasteiger partial charge >= 0.3 is 5.97 Å². The zero-order chi connectivity index (χ0) is 12.0. The fraction of sp³-hybridized carbons (Fsp3) is 0.400. The zero-order valence-corrected chi connectivity index (χ0v) is 10.1. The summed E-state index contributed by atoms with van der Waals surface area (Å²) in [6.45, 7) is 0. The zero-order valence-electron chi connectivity index (χ0n) is 9.17. The number of hydrogen-bond donors (Lipinski definition) is 1. The molecule has 0 radical (unpaired) electrons. The van der Waals surface area contributed by atoms with E-state index in [1.54, 1.807) is 4.52 Å². The Bertz CT molecular complexity index is 622. The van der Waals surface area contributed by atoms with Crippen LogP contribution in [0.1, 0.15) is 28.3 Å². The summed E-state index contributed by atoms with van der Waals surface area (Å²) in [5.41, 5.74) is 2.14. The Kier molecular flexibility index (Phi) is 2.29. The van der Waals surface area contributed by atoms with Gasteiger partial charge in [-0.15, -0.1) is 17.7 Å². The summed E-state index contributed by atoms with van der Waals surface area (Å²) in [7, 11) is 1.30. The van der Waals surface area contributed by atoms with Gasteiger partial charge in [0.25, 0.3) is 11.6 Å². The largest absolute Gasteiger partial charge is 0.463 e. The molecule has 0 spiro atoms. The minimum absolute atomic E-state index is 0.0352. The molecule has 3 rings (SSSR count). The highest BCUT2D eigenvalue weighted by atomic mass is 32.1. The van der Waals surface area contributed by atoms with E-state index in [1.807, 2.05) is 0 Å². The van der Waals surface area contributed by atoms with Gasteiger partial charge in [0, 0.05) is 5.56 Å². The van der Waals surface area contributed by atoms with Gasteiger partial charge in [-0.1, -0.05) is 0 Å². The minimum atomic E-state index is -0.553. The van der Waals surface area contributed by atoms with E-state index in [4.69, 9.17) is 0 Å². The van der Waals surface area contributed by atoms with Crippen molar-refractivity contribution in [2.75, 3.05) is 7.11 Å². The number of aromatic nitrogens is 4. The normalized spacial score (nSPS) is 14.0. The number of nitrogens with zero attached hydrogens (tertiary/aromatic N) is 4. The number of hydrogen-bond acceptors (Lipinski definition) is 6. The Labute approximate surface area is 102 Å². The average Bonchev–Trinajstić information content (AvgIpc) is 2.92. The minimum Gasteiger partial charge on any atom is -0.463 e. The third-order valence-corrected chi connectivity index (χ3v) is 3.25. The number of carbonyl (C=O) groups excluding carboxylic acids is 1. The van der Waals surface area contributed by atoms with E-state index in [0.717, 1.165) is 30.5 Å². The van der Waals surface area contributed by atoms with Crippen molar-refractivity contribution in [3.8, 4) is 0 Å². The quantitative estimate of drug-likeness (QED) is 0.458. The van der Waals surface area contributed by atoms with Crippen LogP contribution in [0.25, 0.3) is 5.78 Å². The first-order valence-electron chi connectivity index (χ1n) is 5.26. The number of aryl methyl sites for hydroxylation is 1. The van der Waals surface area contributed by atoms with Crippen molar-refractivity contribution in [2.45, 2.75) is 24.3 Å². The summed E-state index contributed by atoms with van der Waals surface area (Å²) in [6, 6.07) is 0. The monoisotopic (exact) mass is 250 g/mol. The van der Waals surface area contributed by atoms with Gasteiger partial charge in [0.05, 0.1) is 12.8 Å². The molecule has 0 unspecified atom stereocenters. The fourth-order valence-corrected chi connectivity index (χ4v) is 2.43. The van der Waals surface area contributed by atoms with Crippen LogP contribution in [0.15, 0.2) is 5.03 Å². The molecule has 0 N–H and O–H groups in total. The van der Waals surface area contributed by atoms with Crippen molar-refractivity contribution in [2.24, 2.45) is 0 Å². The molecule has 0 bridgehead atoms. The second-order valence-corrected chi connectivity index (χ2v) is 4.28. The molecule has 0 atom stereocenters. The van der Waals surface area contributed by atoms with Gasteiger partial charge < -0.3 is 4.74 Å². The molecular formula is C10H10N4O2S. The van der Waals surface area contributed by atoms with Crippen molar-refractivity contribution < 1.29 is 9.53 Å². The van der Waals surface area contributed by atoms with E-state index in [1.165, 1.54) is 7.11 Å². The van der Waals surface area contributed by atoms with E-state index >= 15 is 0 Å². The molecule has 0 aliphatic heterocycles. The molecule has 0 amide bonds. The number of carbonyl (C=O) groups is 1. The molecule has 1 aliphatic rings. The van der Waals surface area contributed by atoms with Crippen LogP contribution in [-0.2, 0) is 17.6 Å². The standard InChI is InChI=1S/C10H10N4O2S/c1-16-9(15)7-11-10-12-8(17)5-3-2-4-6(5)14(10)13-7/h2-4H2,1H3,(H,11,12,13,17). The lowest BCUT2D eigenvalue weighted by atomic mass is 10.3. The van der Waals surface area contributed by atoms with Crippen molar-refractivity contribution in [1.29, 1.82) is 0 Å². The van der Waals surface area contributed by atoms with Gasteiger partial charge in [0.15, 0.2) is 0 Å². The van der Waals surface area contributed by atoms with E-state index in [0.29, 0.717) is 10.8 Å². The number of thiol groups is 1. The lowest BCUT2D eigenvalue weighted by Gasteiger charge is -2.03.